The lowest BCUT2D eigenvalue weighted by atomic mass is 10.1. The Morgan fingerprint density at radius 1 is 1.43 bits per heavy atom. The quantitative estimate of drug-likeness (QED) is 0.781. The third-order valence-electron chi connectivity index (χ3n) is 3.52. The predicted octanol–water partition coefficient (Wildman–Crippen LogP) is 0.988. The molecule has 1 fully saturated rings. The molecular formula is C15H20N2O4. The number of carbonyl (C=O) groups excluding carboxylic acids is 1. The summed E-state index contributed by atoms with van der Waals surface area (Å²) >= 11 is 0. The lowest BCUT2D eigenvalue weighted by molar-refractivity contribution is -0.142. The van der Waals surface area contributed by atoms with Crippen molar-refractivity contribution in [3.8, 4) is 5.75 Å². The Morgan fingerprint density at radius 2 is 2.10 bits per heavy atom. The molecule has 1 aromatic rings. The summed E-state index contributed by atoms with van der Waals surface area (Å²) in [5.74, 6) is -0.669. The van der Waals surface area contributed by atoms with Gasteiger partial charge in [0.2, 0.25) is 5.91 Å². The average molecular weight is 292 g/mol. The minimum Gasteiger partial charge on any atom is -0.496 e. The van der Waals surface area contributed by atoms with Crippen LogP contribution in [0, 0.1) is 0 Å². The summed E-state index contributed by atoms with van der Waals surface area (Å²) in [6.07, 6.45) is 1.51. The third kappa shape index (κ3) is 3.95. The summed E-state index contributed by atoms with van der Waals surface area (Å²) in [5.41, 5.74) is 6.60. The monoisotopic (exact) mass is 292 g/mol. The van der Waals surface area contributed by atoms with E-state index < -0.39 is 12.0 Å². The first-order chi connectivity index (χ1) is 10.0. The molecule has 1 amide bonds. The molecule has 0 radical (unpaired) electrons. The molecule has 1 unspecified atom stereocenters. The van der Waals surface area contributed by atoms with Crippen molar-refractivity contribution in [2.45, 2.75) is 37.9 Å². The normalized spacial score (nSPS) is 15.3. The topological polar surface area (TPSA) is 92.9 Å². The molecule has 6 nitrogen and oxygen atoms in total. The number of hydrogen-bond donors (Lipinski definition) is 2. The Bertz CT molecular complexity index is 528. The second-order valence-corrected chi connectivity index (χ2v) is 5.21. The summed E-state index contributed by atoms with van der Waals surface area (Å²) in [4.78, 5) is 24.7. The van der Waals surface area contributed by atoms with Crippen molar-refractivity contribution in [1.29, 1.82) is 0 Å². The van der Waals surface area contributed by atoms with Gasteiger partial charge in [0.15, 0.2) is 0 Å². The lowest BCUT2D eigenvalue weighted by Crippen LogP contribution is -2.45. The smallest absolute Gasteiger partial charge is 0.305 e. The number of aliphatic carboxylic acids is 1. The van der Waals surface area contributed by atoms with Gasteiger partial charge in [0.25, 0.3) is 0 Å². The molecule has 21 heavy (non-hydrogen) atoms. The Balaban J connectivity index is 2.12. The number of methoxy groups -OCH3 is 1. The molecular weight excluding hydrogens is 272 g/mol. The number of ether oxygens (including phenoxy) is 1. The van der Waals surface area contributed by atoms with Crippen molar-refractivity contribution in [1.82, 2.24) is 4.90 Å². The average Bonchev–Trinajstić information content (AvgIpc) is 3.28. The Morgan fingerprint density at radius 3 is 2.67 bits per heavy atom. The number of para-hydroxylation sites is 1. The molecule has 3 N–H and O–H groups in total. The molecule has 2 rings (SSSR count). The summed E-state index contributed by atoms with van der Waals surface area (Å²) in [6.45, 7) is 0.390. The van der Waals surface area contributed by atoms with Crippen LogP contribution in [-0.4, -0.2) is 41.1 Å². The number of amides is 1. The van der Waals surface area contributed by atoms with Crippen LogP contribution in [0.5, 0.6) is 5.75 Å². The Hall–Kier alpha value is -2.08. The first kappa shape index (κ1) is 15.3. The molecule has 1 atom stereocenters. The number of carbonyl (C=O) groups is 2. The number of carboxylic acids is 1. The van der Waals surface area contributed by atoms with Crippen molar-refractivity contribution in [3.05, 3.63) is 29.8 Å². The van der Waals surface area contributed by atoms with Gasteiger partial charge in [-0.05, 0) is 18.9 Å². The second kappa shape index (κ2) is 6.58. The largest absolute Gasteiger partial charge is 0.496 e. The first-order valence-electron chi connectivity index (χ1n) is 6.92. The molecule has 6 heteroatoms. The Labute approximate surface area is 123 Å². The van der Waals surface area contributed by atoms with Gasteiger partial charge in [-0.1, -0.05) is 18.2 Å². The van der Waals surface area contributed by atoms with Gasteiger partial charge in [-0.25, -0.2) is 0 Å². The van der Waals surface area contributed by atoms with E-state index in [4.69, 9.17) is 15.6 Å². The number of benzene rings is 1. The van der Waals surface area contributed by atoms with Crippen molar-refractivity contribution >= 4 is 11.9 Å². The molecule has 0 saturated heterocycles. The van der Waals surface area contributed by atoms with E-state index in [0.29, 0.717) is 12.3 Å². The van der Waals surface area contributed by atoms with Crippen LogP contribution in [0.25, 0.3) is 0 Å². The van der Waals surface area contributed by atoms with Gasteiger partial charge in [0.05, 0.1) is 19.6 Å². The van der Waals surface area contributed by atoms with E-state index in [1.165, 1.54) is 0 Å². The van der Waals surface area contributed by atoms with Crippen LogP contribution in [0.4, 0.5) is 0 Å². The van der Waals surface area contributed by atoms with Crippen molar-refractivity contribution in [2.75, 3.05) is 7.11 Å². The maximum absolute atomic E-state index is 12.4. The maximum Gasteiger partial charge on any atom is 0.305 e. The van der Waals surface area contributed by atoms with Crippen LogP contribution >= 0.6 is 0 Å². The third-order valence-corrected chi connectivity index (χ3v) is 3.52. The van der Waals surface area contributed by atoms with Crippen LogP contribution in [-0.2, 0) is 16.1 Å². The molecule has 1 aliphatic rings. The predicted molar refractivity (Wildman–Crippen MR) is 76.8 cm³/mol. The van der Waals surface area contributed by atoms with Gasteiger partial charge >= 0.3 is 5.97 Å². The summed E-state index contributed by atoms with van der Waals surface area (Å²) in [7, 11) is 1.58. The molecule has 1 saturated carbocycles. The van der Waals surface area contributed by atoms with Crippen LogP contribution in [0.15, 0.2) is 24.3 Å². The molecule has 1 aromatic carbocycles. The fraction of sp³-hybridized carbons (Fsp3) is 0.467. The van der Waals surface area contributed by atoms with Crippen molar-refractivity contribution in [3.63, 3.8) is 0 Å². The van der Waals surface area contributed by atoms with Gasteiger partial charge in [-0.15, -0.1) is 0 Å². The molecule has 0 aromatic heterocycles. The van der Waals surface area contributed by atoms with Crippen molar-refractivity contribution < 1.29 is 19.4 Å². The number of rotatable bonds is 7. The second-order valence-electron chi connectivity index (χ2n) is 5.21. The highest BCUT2D eigenvalue weighted by atomic mass is 16.5. The van der Waals surface area contributed by atoms with E-state index in [1.807, 2.05) is 24.3 Å². The van der Waals surface area contributed by atoms with Gasteiger partial charge in [0.1, 0.15) is 5.75 Å². The Kier molecular flexibility index (Phi) is 4.80. The standard InChI is InChI=1S/C15H20N2O4/c1-21-13-5-3-2-4-10(13)9-17(11-6-7-11)15(20)12(16)8-14(18)19/h2-5,11-12H,6-9,16H2,1H3,(H,18,19). The van der Waals surface area contributed by atoms with Gasteiger partial charge in [0, 0.05) is 18.2 Å². The van der Waals surface area contributed by atoms with Crippen LogP contribution in [0.1, 0.15) is 24.8 Å². The summed E-state index contributed by atoms with van der Waals surface area (Å²) in [6, 6.07) is 6.62. The molecule has 0 aliphatic heterocycles. The molecule has 0 bridgehead atoms. The highest BCUT2D eigenvalue weighted by Crippen LogP contribution is 2.30. The van der Waals surface area contributed by atoms with E-state index in [1.54, 1.807) is 12.0 Å². The molecule has 0 heterocycles. The number of hydrogen-bond acceptors (Lipinski definition) is 4. The van der Waals surface area contributed by atoms with Gasteiger partial charge in [-0.3, -0.25) is 9.59 Å². The van der Waals surface area contributed by atoms with Gasteiger partial charge < -0.3 is 20.5 Å². The van der Waals surface area contributed by atoms with Crippen molar-refractivity contribution in [2.24, 2.45) is 5.73 Å². The van der Waals surface area contributed by atoms with Crippen LogP contribution in [0.2, 0.25) is 0 Å². The number of nitrogens with zero attached hydrogens (tertiary/aromatic N) is 1. The molecule has 1 aliphatic carbocycles. The fourth-order valence-corrected chi connectivity index (χ4v) is 2.28. The van der Waals surface area contributed by atoms with Crippen LogP contribution in [0.3, 0.4) is 0 Å². The first-order valence-corrected chi connectivity index (χ1v) is 6.92. The lowest BCUT2D eigenvalue weighted by Gasteiger charge is -2.26. The minimum atomic E-state index is -1.07. The summed E-state index contributed by atoms with van der Waals surface area (Å²) in [5, 5.41) is 8.77. The van der Waals surface area contributed by atoms with E-state index in [9.17, 15) is 9.59 Å². The molecule has 114 valence electrons. The number of carboxylic acid groups (broad SMARTS) is 1. The zero-order chi connectivity index (χ0) is 15.4. The minimum absolute atomic E-state index is 0.155. The van der Waals surface area contributed by atoms with E-state index in [-0.39, 0.29) is 18.4 Å². The van der Waals surface area contributed by atoms with E-state index >= 15 is 0 Å². The summed E-state index contributed by atoms with van der Waals surface area (Å²) < 4.78 is 5.29. The zero-order valence-corrected chi connectivity index (χ0v) is 12.0. The van der Waals surface area contributed by atoms with Gasteiger partial charge in [-0.2, -0.15) is 0 Å². The highest BCUT2D eigenvalue weighted by Gasteiger charge is 2.35. The number of nitrogens with two attached hydrogens (primary N) is 1. The maximum atomic E-state index is 12.4. The van der Waals surface area contributed by atoms with E-state index in [2.05, 4.69) is 0 Å². The highest BCUT2D eigenvalue weighted by molar-refractivity contribution is 5.86. The fourth-order valence-electron chi connectivity index (χ4n) is 2.28. The van der Waals surface area contributed by atoms with Crippen LogP contribution < -0.4 is 10.5 Å². The van der Waals surface area contributed by atoms with E-state index in [0.717, 1.165) is 18.4 Å². The zero-order valence-electron chi connectivity index (χ0n) is 12.0. The SMILES string of the molecule is COc1ccccc1CN(C(=O)C(N)CC(=O)O)C1CC1. The molecule has 0 spiro atoms.